The molecule has 0 saturated carbocycles. The van der Waals surface area contributed by atoms with E-state index in [1.165, 1.54) is 11.3 Å². The molecule has 1 aromatic rings. The van der Waals surface area contributed by atoms with Gasteiger partial charge in [0.25, 0.3) is 0 Å². The smallest absolute Gasteiger partial charge is 0.191 e. The summed E-state index contributed by atoms with van der Waals surface area (Å²) in [6, 6.07) is 8.48. The molecule has 108 valence electrons. The summed E-state index contributed by atoms with van der Waals surface area (Å²) in [5.41, 5.74) is 2.46. The lowest BCUT2D eigenvalue weighted by Gasteiger charge is -2.15. The van der Waals surface area contributed by atoms with Gasteiger partial charge in [-0.2, -0.15) is 0 Å². The van der Waals surface area contributed by atoms with E-state index in [1.807, 2.05) is 14.1 Å². The summed E-state index contributed by atoms with van der Waals surface area (Å²) >= 11 is 0. The zero-order chi connectivity index (χ0) is 13.4. The van der Waals surface area contributed by atoms with Crippen LogP contribution in [0.5, 0.6) is 0 Å². The van der Waals surface area contributed by atoms with Gasteiger partial charge in [-0.1, -0.05) is 19.1 Å². The molecular weight excluding hydrogens is 351 g/mol. The Morgan fingerprint density at radius 3 is 2.58 bits per heavy atom. The molecule has 0 atom stereocenters. The fourth-order valence-corrected chi connectivity index (χ4v) is 1.59. The minimum Gasteiger partial charge on any atom is -0.378 e. The Labute approximate surface area is 133 Å². The standard InChI is InChI=1S/C14H24N4.HI/c1-5-9-16-14(15-2)17-11-12-7-6-8-13(10-12)18(3)4;/h6-8,10H,5,9,11H2,1-4H3,(H2,15,16,17);1H. The first-order valence-corrected chi connectivity index (χ1v) is 6.38. The van der Waals surface area contributed by atoms with Gasteiger partial charge in [0.15, 0.2) is 5.96 Å². The molecule has 4 nitrogen and oxygen atoms in total. The van der Waals surface area contributed by atoms with Gasteiger partial charge in [0.05, 0.1) is 0 Å². The predicted molar refractivity (Wildman–Crippen MR) is 94.7 cm³/mol. The molecule has 19 heavy (non-hydrogen) atoms. The number of anilines is 1. The Morgan fingerprint density at radius 2 is 2.00 bits per heavy atom. The molecule has 0 saturated heterocycles. The highest BCUT2D eigenvalue weighted by Crippen LogP contribution is 2.12. The molecular formula is C14H25IN4. The van der Waals surface area contributed by atoms with Crippen LogP contribution in [0.4, 0.5) is 5.69 Å². The number of guanidine groups is 1. The lowest BCUT2D eigenvalue weighted by molar-refractivity contribution is 0.781. The quantitative estimate of drug-likeness (QED) is 0.471. The van der Waals surface area contributed by atoms with Crippen molar-refractivity contribution < 1.29 is 0 Å². The minimum atomic E-state index is 0. The van der Waals surface area contributed by atoms with Gasteiger partial charge < -0.3 is 15.5 Å². The normalized spacial score (nSPS) is 10.6. The largest absolute Gasteiger partial charge is 0.378 e. The van der Waals surface area contributed by atoms with Crippen molar-refractivity contribution in [3.63, 3.8) is 0 Å². The monoisotopic (exact) mass is 376 g/mol. The average molecular weight is 376 g/mol. The topological polar surface area (TPSA) is 39.7 Å². The third-order valence-electron chi connectivity index (χ3n) is 2.65. The molecule has 5 heteroatoms. The van der Waals surface area contributed by atoms with E-state index in [4.69, 9.17) is 0 Å². The Balaban J connectivity index is 0.00000324. The van der Waals surface area contributed by atoms with E-state index in [9.17, 15) is 0 Å². The zero-order valence-electron chi connectivity index (χ0n) is 12.2. The second kappa shape index (κ2) is 9.89. The van der Waals surface area contributed by atoms with Gasteiger partial charge in [0.1, 0.15) is 0 Å². The van der Waals surface area contributed by atoms with Crippen molar-refractivity contribution in [3.05, 3.63) is 29.8 Å². The van der Waals surface area contributed by atoms with Gasteiger partial charge in [-0.15, -0.1) is 24.0 Å². The number of rotatable bonds is 5. The second-order valence-corrected chi connectivity index (χ2v) is 4.42. The molecule has 0 aliphatic carbocycles. The SMILES string of the molecule is CCCNC(=NC)NCc1cccc(N(C)C)c1.I. The maximum Gasteiger partial charge on any atom is 0.191 e. The van der Waals surface area contributed by atoms with E-state index in [1.54, 1.807) is 7.05 Å². The molecule has 0 spiro atoms. The van der Waals surface area contributed by atoms with E-state index >= 15 is 0 Å². The van der Waals surface area contributed by atoms with E-state index in [0.717, 1.165) is 25.5 Å². The summed E-state index contributed by atoms with van der Waals surface area (Å²) in [4.78, 5) is 6.29. The Bertz CT molecular complexity index is 391. The number of aliphatic imine (C=N–C) groups is 1. The van der Waals surface area contributed by atoms with Crippen LogP contribution >= 0.6 is 24.0 Å². The van der Waals surface area contributed by atoms with Crippen LogP contribution in [-0.4, -0.2) is 33.6 Å². The van der Waals surface area contributed by atoms with Crippen LogP contribution in [0.3, 0.4) is 0 Å². The maximum atomic E-state index is 4.18. The highest BCUT2D eigenvalue weighted by atomic mass is 127. The summed E-state index contributed by atoms with van der Waals surface area (Å²) in [5, 5.41) is 6.56. The molecule has 0 heterocycles. The fourth-order valence-electron chi connectivity index (χ4n) is 1.59. The van der Waals surface area contributed by atoms with E-state index in [2.05, 4.69) is 51.7 Å². The summed E-state index contributed by atoms with van der Waals surface area (Å²) in [6.07, 6.45) is 1.09. The van der Waals surface area contributed by atoms with Crippen molar-refractivity contribution in [1.82, 2.24) is 10.6 Å². The minimum absolute atomic E-state index is 0. The van der Waals surface area contributed by atoms with Crippen molar-refractivity contribution in [3.8, 4) is 0 Å². The highest BCUT2D eigenvalue weighted by Gasteiger charge is 1.99. The molecule has 0 bridgehead atoms. The molecule has 0 aliphatic rings. The molecule has 0 aliphatic heterocycles. The Morgan fingerprint density at radius 1 is 1.26 bits per heavy atom. The van der Waals surface area contributed by atoms with Crippen molar-refractivity contribution in [2.24, 2.45) is 4.99 Å². The first-order chi connectivity index (χ1) is 8.67. The fraction of sp³-hybridized carbons (Fsp3) is 0.500. The van der Waals surface area contributed by atoms with Crippen LogP contribution in [-0.2, 0) is 6.54 Å². The first-order valence-electron chi connectivity index (χ1n) is 6.38. The number of halogens is 1. The van der Waals surface area contributed by atoms with Crippen molar-refractivity contribution in [2.75, 3.05) is 32.6 Å². The zero-order valence-corrected chi connectivity index (χ0v) is 14.6. The number of hydrogen-bond donors (Lipinski definition) is 2. The summed E-state index contributed by atoms with van der Waals surface area (Å²) in [7, 11) is 5.89. The van der Waals surface area contributed by atoms with Crippen LogP contribution < -0.4 is 15.5 Å². The average Bonchev–Trinajstić information content (AvgIpc) is 2.39. The van der Waals surface area contributed by atoms with Crippen LogP contribution in [0.15, 0.2) is 29.3 Å². The number of nitrogens with zero attached hydrogens (tertiary/aromatic N) is 2. The number of nitrogens with one attached hydrogen (secondary N) is 2. The molecule has 0 radical (unpaired) electrons. The van der Waals surface area contributed by atoms with Crippen LogP contribution in [0.1, 0.15) is 18.9 Å². The van der Waals surface area contributed by atoms with E-state index < -0.39 is 0 Å². The highest BCUT2D eigenvalue weighted by molar-refractivity contribution is 14.0. The molecule has 1 aromatic carbocycles. The molecule has 1 rings (SSSR count). The van der Waals surface area contributed by atoms with Crippen molar-refractivity contribution in [1.29, 1.82) is 0 Å². The van der Waals surface area contributed by atoms with Gasteiger partial charge in [-0.25, -0.2) is 0 Å². The molecule has 0 amide bonds. The lowest BCUT2D eigenvalue weighted by Crippen LogP contribution is -2.37. The first kappa shape index (κ1) is 18.0. The molecule has 0 aromatic heterocycles. The molecule has 0 unspecified atom stereocenters. The summed E-state index contributed by atoms with van der Waals surface area (Å²) < 4.78 is 0. The third-order valence-corrected chi connectivity index (χ3v) is 2.65. The third kappa shape index (κ3) is 6.66. The van der Waals surface area contributed by atoms with Crippen LogP contribution in [0, 0.1) is 0 Å². The van der Waals surface area contributed by atoms with E-state index in [0.29, 0.717) is 0 Å². The summed E-state index contributed by atoms with van der Waals surface area (Å²) in [6.45, 7) is 3.86. The summed E-state index contributed by atoms with van der Waals surface area (Å²) in [5.74, 6) is 0.854. The van der Waals surface area contributed by atoms with Crippen molar-refractivity contribution in [2.45, 2.75) is 19.9 Å². The van der Waals surface area contributed by atoms with Gasteiger partial charge in [-0.3, -0.25) is 4.99 Å². The van der Waals surface area contributed by atoms with Gasteiger partial charge >= 0.3 is 0 Å². The maximum absolute atomic E-state index is 4.18. The van der Waals surface area contributed by atoms with E-state index in [-0.39, 0.29) is 24.0 Å². The second-order valence-electron chi connectivity index (χ2n) is 4.42. The van der Waals surface area contributed by atoms with Gasteiger partial charge in [0, 0.05) is 39.9 Å². The van der Waals surface area contributed by atoms with Crippen molar-refractivity contribution >= 4 is 35.6 Å². The Hall–Kier alpha value is -0.980. The predicted octanol–water partition coefficient (Wildman–Crippen LogP) is 2.45. The van der Waals surface area contributed by atoms with Crippen LogP contribution in [0.2, 0.25) is 0 Å². The number of benzene rings is 1. The van der Waals surface area contributed by atoms with Gasteiger partial charge in [-0.05, 0) is 24.1 Å². The number of hydrogen-bond acceptors (Lipinski definition) is 2. The lowest BCUT2D eigenvalue weighted by atomic mass is 10.2. The molecule has 0 fully saturated rings. The Kier molecular flexibility index (Phi) is 9.38. The van der Waals surface area contributed by atoms with Gasteiger partial charge in [0.2, 0.25) is 0 Å². The van der Waals surface area contributed by atoms with Crippen LogP contribution in [0.25, 0.3) is 0 Å². The molecule has 2 N–H and O–H groups in total.